The van der Waals surface area contributed by atoms with Crippen LogP contribution in [0.3, 0.4) is 0 Å². The van der Waals surface area contributed by atoms with Crippen LogP contribution in [0, 0.1) is 11.6 Å². The van der Waals surface area contributed by atoms with E-state index in [-0.39, 0.29) is 11.1 Å². The van der Waals surface area contributed by atoms with Gasteiger partial charge in [0.25, 0.3) is 5.91 Å². The summed E-state index contributed by atoms with van der Waals surface area (Å²) in [5.74, 6) is -3.82. The van der Waals surface area contributed by atoms with Crippen molar-refractivity contribution in [1.29, 1.82) is 0 Å². The third-order valence-electron chi connectivity index (χ3n) is 3.46. The first-order chi connectivity index (χ1) is 13.0. The highest BCUT2D eigenvalue weighted by Gasteiger charge is 2.31. The van der Waals surface area contributed by atoms with E-state index in [4.69, 9.17) is 4.74 Å². The molecular formula is C18H14F5NO4. The lowest BCUT2D eigenvalue weighted by Gasteiger charge is -2.15. The molecule has 5 nitrogen and oxygen atoms in total. The zero-order chi connectivity index (χ0) is 20.9. The summed E-state index contributed by atoms with van der Waals surface area (Å²) in [6.45, 7) is 0.752. The lowest BCUT2D eigenvalue weighted by molar-refractivity contribution is -0.274. The molecule has 0 spiro atoms. The number of hydrogen-bond acceptors (Lipinski definition) is 4. The number of hydrogen-bond donors (Lipinski definition) is 1. The first kappa shape index (κ1) is 21.1. The third kappa shape index (κ3) is 6.22. The molecule has 1 N–H and O–H groups in total. The minimum atomic E-state index is -4.86. The van der Waals surface area contributed by atoms with Gasteiger partial charge < -0.3 is 14.8 Å². The van der Waals surface area contributed by atoms with Crippen molar-refractivity contribution in [1.82, 2.24) is 5.32 Å². The second-order valence-electron chi connectivity index (χ2n) is 5.60. The van der Waals surface area contributed by atoms with E-state index in [1.165, 1.54) is 13.0 Å². The highest BCUT2D eigenvalue weighted by molar-refractivity contribution is 5.91. The van der Waals surface area contributed by atoms with E-state index >= 15 is 0 Å². The number of alkyl halides is 3. The molecule has 0 saturated heterocycles. The lowest BCUT2D eigenvalue weighted by atomic mass is 10.1. The molecule has 2 aromatic rings. The molecule has 2 rings (SSSR count). The van der Waals surface area contributed by atoms with Crippen LogP contribution in [-0.2, 0) is 9.53 Å². The van der Waals surface area contributed by atoms with E-state index in [1.54, 1.807) is 0 Å². The Hall–Kier alpha value is -3.17. The number of nitrogens with one attached hydrogen (secondary N) is 1. The quantitative estimate of drug-likeness (QED) is 0.587. The first-order valence-corrected chi connectivity index (χ1v) is 7.82. The van der Waals surface area contributed by atoms with Gasteiger partial charge in [-0.3, -0.25) is 4.79 Å². The molecule has 0 radical (unpaired) electrons. The Morgan fingerprint density at radius 1 is 1.07 bits per heavy atom. The van der Waals surface area contributed by atoms with E-state index in [9.17, 15) is 31.5 Å². The number of halogens is 5. The van der Waals surface area contributed by atoms with Gasteiger partial charge in [0, 0.05) is 11.6 Å². The van der Waals surface area contributed by atoms with Crippen LogP contribution in [0.15, 0.2) is 42.5 Å². The smallest absolute Gasteiger partial charge is 0.452 e. The molecule has 0 aliphatic carbocycles. The summed E-state index contributed by atoms with van der Waals surface area (Å²) < 4.78 is 71.2. The van der Waals surface area contributed by atoms with Crippen LogP contribution in [0.5, 0.6) is 5.75 Å². The Labute approximate surface area is 156 Å². The fourth-order valence-electron chi connectivity index (χ4n) is 2.22. The number of carbonyl (C=O) groups is 2. The molecule has 0 aliphatic rings. The molecule has 28 heavy (non-hydrogen) atoms. The highest BCUT2D eigenvalue weighted by Crippen LogP contribution is 2.23. The molecule has 150 valence electrons. The van der Waals surface area contributed by atoms with Crippen molar-refractivity contribution >= 4 is 11.9 Å². The third-order valence-corrected chi connectivity index (χ3v) is 3.46. The Balaban J connectivity index is 1.87. The molecule has 0 saturated carbocycles. The monoisotopic (exact) mass is 403 g/mol. The van der Waals surface area contributed by atoms with Crippen LogP contribution in [0.25, 0.3) is 0 Å². The number of ether oxygens (including phenoxy) is 2. The van der Waals surface area contributed by atoms with Gasteiger partial charge in [0.15, 0.2) is 6.61 Å². The number of amides is 1. The van der Waals surface area contributed by atoms with Gasteiger partial charge in [-0.15, -0.1) is 13.2 Å². The van der Waals surface area contributed by atoms with Crippen LogP contribution in [0.2, 0.25) is 0 Å². The van der Waals surface area contributed by atoms with Gasteiger partial charge in [0.2, 0.25) is 0 Å². The lowest BCUT2D eigenvalue weighted by Crippen LogP contribution is -2.31. The highest BCUT2D eigenvalue weighted by atomic mass is 19.4. The minimum absolute atomic E-state index is 0.0429. The molecule has 1 amide bonds. The summed E-state index contributed by atoms with van der Waals surface area (Å²) in [4.78, 5) is 23.6. The Bertz CT molecular complexity index is 852. The molecule has 2 aromatic carbocycles. The van der Waals surface area contributed by atoms with Crippen molar-refractivity contribution in [2.24, 2.45) is 0 Å². The van der Waals surface area contributed by atoms with Crippen LogP contribution in [-0.4, -0.2) is 24.8 Å². The maximum Gasteiger partial charge on any atom is 0.573 e. The summed E-state index contributed by atoms with van der Waals surface area (Å²) in [7, 11) is 0. The predicted octanol–water partition coefficient (Wildman–Crippen LogP) is 3.90. The normalized spacial score (nSPS) is 12.2. The summed E-state index contributed by atoms with van der Waals surface area (Å²) in [6, 6.07) is 5.98. The zero-order valence-electron chi connectivity index (χ0n) is 14.3. The fraction of sp³-hybridized carbons (Fsp3) is 0.222. The van der Waals surface area contributed by atoms with Gasteiger partial charge in [-0.1, -0.05) is 6.07 Å². The number of esters is 1. The molecule has 1 atom stereocenters. The van der Waals surface area contributed by atoms with Gasteiger partial charge in [-0.05, 0) is 37.3 Å². The maximum atomic E-state index is 13.7. The SMILES string of the molecule is C[C@H](NC(=O)COC(=O)c1ccc(OC(F)(F)F)cc1)c1ccc(F)cc1F. The van der Waals surface area contributed by atoms with Crippen LogP contribution in [0.4, 0.5) is 22.0 Å². The van der Waals surface area contributed by atoms with Gasteiger partial charge in [-0.25, -0.2) is 13.6 Å². The number of rotatable bonds is 6. The molecule has 0 aliphatic heterocycles. The van der Waals surface area contributed by atoms with Gasteiger partial charge in [0.05, 0.1) is 11.6 Å². The van der Waals surface area contributed by atoms with E-state index in [0.29, 0.717) is 6.07 Å². The van der Waals surface area contributed by atoms with E-state index in [2.05, 4.69) is 10.1 Å². The van der Waals surface area contributed by atoms with Gasteiger partial charge in [-0.2, -0.15) is 0 Å². The van der Waals surface area contributed by atoms with Crippen LogP contribution >= 0.6 is 0 Å². The first-order valence-electron chi connectivity index (χ1n) is 7.82. The topological polar surface area (TPSA) is 64.6 Å². The molecule has 0 bridgehead atoms. The maximum absolute atomic E-state index is 13.7. The average Bonchev–Trinajstić information content (AvgIpc) is 2.58. The Morgan fingerprint density at radius 2 is 1.71 bits per heavy atom. The van der Waals surface area contributed by atoms with E-state index in [0.717, 1.165) is 30.3 Å². The fourth-order valence-corrected chi connectivity index (χ4v) is 2.22. The summed E-state index contributed by atoms with van der Waals surface area (Å²) in [6.07, 6.45) is -4.86. The van der Waals surface area contributed by atoms with Crippen molar-refractivity contribution in [2.75, 3.05) is 6.61 Å². The van der Waals surface area contributed by atoms with Crippen molar-refractivity contribution < 1.29 is 41.0 Å². The van der Waals surface area contributed by atoms with E-state index < -0.39 is 48.3 Å². The molecule has 0 fully saturated rings. The molecule has 0 aromatic heterocycles. The second-order valence-corrected chi connectivity index (χ2v) is 5.60. The number of carbonyl (C=O) groups excluding carboxylic acids is 2. The molecular weight excluding hydrogens is 389 g/mol. The Morgan fingerprint density at radius 3 is 2.29 bits per heavy atom. The summed E-state index contributed by atoms with van der Waals surface area (Å²) in [5, 5.41) is 2.37. The van der Waals surface area contributed by atoms with Crippen molar-refractivity contribution in [2.45, 2.75) is 19.3 Å². The van der Waals surface area contributed by atoms with Crippen molar-refractivity contribution in [3.05, 3.63) is 65.2 Å². The van der Waals surface area contributed by atoms with E-state index in [1.807, 2.05) is 0 Å². The van der Waals surface area contributed by atoms with Gasteiger partial charge >= 0.3 is 12.3 Å². The van der Waals surface area contributed by atoms with Crippen LogP contribution < -0.4 is 10.1 Å². The summed E-state index contributed by atoms with van der Waals surface area (Å²) >= 11 is 0. The summed E-state index contributed by atoms with van der Waals surface area (Å²) in [5.41, 5.74) is -0.0544. The average molecular weight is 403 g/mol. The predicted molar refractivity (Wildman–Crippen MR) is 86.3 cm³/mol. The van der Waals surface area contributed by atoms with Gasteiger partial charge in [0.1, 0.15) is 17.4 Å². The second kappa shape index (κ2) is 8.68. The molecule has 0 unspecified atom stereocenters. The van der Waals surface area contributed by atoms with Crippen LogP contribution in [0.1, 0.15) is 28.9 Å². The minimum Gasteiger partial charge on any atom is -0.452 e. The standard InChI is InChI=1S/C18H14F5NO4/c1-10(14-7-4-12(19)8-15(14)20)24-16(25)9-27-17(26)11-2-5-13(6-3-11)28-18(21,22)23/h2-8,10H,9H2,1H3,(H,24,25)/t10-/m0/s1. The molecule has 0 heterocycles. The molecule has 10 heteroatoms. The largest absolute Gasteiger partial charge is 0.573 e. The zero-order valence-corrected chi connectivity index (χ0v) is 14.3. The van der Waals surface area contributed by atoms with Crippen molar-refractivity contribution in [3.8, 4) is 5.75 Å². The van der Waals surface area contributed by atoms with Crippen molar-refractivity contribution in [3.63, 3.8) is 0 Å². The number of benzene rings is 2. The Kier molecular flexibility index (Phi) is 6.55.